The quantitative estimate of drug-likeness (QED) is 0.504. The van der Waals surface area contributed by atoms with Gasteiger partial charge in [0.25, 0.3) is 0 Å². The topological polar surface area (TPSA) is 33.7 Å². The second-order valence-corrected chi connectivity index (χ2v) is 9.10. The molecule has 1 unspecified atom stereocenters. The van der Waals surface area contributed by atoms with Gasteiger partial charge in [0.15, 0.2) is 16.6 Å². The molecular weight excluding hydrogens is 380 g/mol. The van der Waals surface area contributed by atoms with Crippen molar-refractivity contribution in [1.29, 1.82) is 0 Å². The molecule has 0 saturated heterocycles. The van der Waals surface area contributed by atoms with Gasteiger partial charge in [0, 0.05) is 19.1 Å². The first kappa shape index (κ1) is 20.5. The molecule has 2 aliphatic carbocycles. The number of benzene rings is 1. The zero-order chi connectivity index (χ0) is 19.9. The van der Waals surface area contributed by atoms with Crippen molar-refractivity contribution in [3.8, 4) is 11.5 Å². The maximum absolute atomic E-state index is 5.94. The lowest BCUT2D eigenvalue weighted by Gasteiger charge is -2.33. The monoisotopic (exact) mass is 414 g/mol. The van der Waals surface area contributed by atoms with Crippen molar-refractivity contribution in [2.45, 2.75) is 76.8 Å². The Labute approximate surface area is 180 Å². The van der Waals surface area contributed by atoms with Gasteiger partial charge in [-0.25, -0.2) is 0 Å². The first-order valence-electron chi connectivity index (χ1n) is 11.4. The first-order valence-corrected chi connectivity index (χ1v) is 11.8. The molecule has 158 valence electrons. The summed E-state index contributed by atoms with van der Waals surface area (Å²) in [6.45, 7) is 2.14. The summed E-state index contributed by atoms with van der Waals surface area (Å²) in [5, 5.41) is 4.65. The van der Waals surface area contributed by atoms with Crippen molar-refractivity contribution in [2.75, 3.05) is 13.3 Å². The molecule has 3 aliphatic rings. The second kappa shape index (κ2) is 10.3. The van der Waals surface area contributed by atoms with E-state index in [1.165, 1.54) is 63.4 Å². The van der Waals surface area contributed by atoms with E-state index in [9.17, 15) is 0 Å². The van der Waals surface area contributed by atoms with Crippen molar-refractivity contribution in [1.82, 2.24) is 10.2 Å². The van der Waals surface area contributed by atoms with E-state index in [-0.39, 0.29) is 0 Å². The Kier molecular flexibility index (Phi) is 7.31. The van der Waals surface area contributed by atoms with E-state index in [1.807, 2.05) is 6.07 Å². The fraction of sp³-hybridized carbons (Fsp3) is 0.625. The highest BCUT2D eigenvalue weighted by atomic mass is 32.1. The van der Waals surface area contributed by atoms with Gasteiger partial charge in [-0.15, -0.1) is 0 Å². The van der Waals surface area contributed by atoms with Gasteiger partial charge in [0.05, 0.1) is 0 Å². The predicted octanol–water partition coefficient (Wildman–Crippen LogP) is 5.56. The van der Waals surface area contributed by atoms with Gasteiger partial charge >= 0.3 is 0 Å². The van der Waals surface area contributed by atoms with Crippen LogP contribution in [0.15, 0.2) is 30.4 Å². The SMILES string of the molecule is S=C(NC1CCCCCCC1)N(Cc1ccc2c(c1)OCO2)CC1CC=CCC1. The molecule has 0 amide bonds. The molecule has 4 rings (SSSR count). The number of rotatable bonds is 5. The Morgan fingerprint density at radius 1 is 1.00 bits per heavy atom. The van der Waals surface area contributed by atoms with Crippen LogP contribution < -0.4 is 14.8 Å². The third-order valence-corrected chi connectivity index (χ3v) is 6.76. The molecule has 0 radical (unpaired) electrons. The standard InChI is InChI=1S/C24H34N2O2S/c29-24(25-21-11-7-2-1-3-8-12-21)26(16-19-9-5-4-6-10-19)17-20-13-14-22-23(15-20)28-18-27-22/h4-5,13-15,19,21H,1-3,6-12,16-18H2,(H,25,29). The van der Waals surface area contributed by atoms with E-state index < -0.39 is 0 Å². The fourth-order valence-corrected chi connectivity index (χ4v) is 4.98. The molecule has 5 heteroatoms. The number of ether oxygens (including phenoxy) is 2. The summed E-state index contributed by atoms with van der Waals surface area (Å²) in [5.74, 6) is 2.36. The Balaban J connectivity index is 1.43. The molecular formula is C24H34N2O2S. The molecule has 1 atom stereocenters. The molecule has 1 aromatic rings. The highest BCUT2D eigenvalue weighted by molar-refractivity contribution is 7.80. The van der Waals surface area contributed by atoms with Crippen molar-refractivity contribution in [3.63, 3.8) is 0 Å². The molecule has 29 heavy (non-hydrogen) atoms. The van der Waals surface area contributed by atoms with E-state index in [1.54, 1.807) is 0 Å². The van der Waals surface area contributed by atoms with Gasteiger partial charge in [-0.1, -0.05) is 50.3 Å². The third kappa shape index (κ3) is 5.88. The van der Waals surface area contributed by atoms with Crippen molar-refractivity contribution in [3.05, 3.63) is 35.9 Å². The minimum absolute atomic E-state index is 0.318. The van der Waals surface area contributed by atoms with E-state index in [2.05, 4.69) is 34.5 Å². The molecule has 1 saturated carbocycles. The summed E-state index contributed by atoms with van der Waals surface area (Å²) in [6, 6.07) is 6.78. The number of hydrogen-bond donors (Lipinski definition) is 1. The number of allylic oxidation sites excluding steroid dienone is 2. The van der Waals surface area contributed by atoms with Gasteiger partial charge in [0.2, 0.25) is 6.79 Å². The minimum Gasteiger partial charge on any atom is -0.454 e. The molecule has 0 aromatic heterocycles. The Morgan fingerprint density at radius 3 is 2.59 bits per heavy atom. The lowest BCUT2D eigenvalue weighted by Crippen LogP contribution is -2.46. The van der Waals surface area contributed by atoms with Crippen molar-refractivity contribution < 1.29 is 9.47 Å². The highest BCUT2D eigenvalue weighted by Crippen LogP contribution is 2.33. The maximum Gasteiger partial charge on any atom is 0.231 e. The number of thiocarbonyl (C=S) groups is 1. The smallest absolute Gasteiger partial charge is 0.231 e. The van der Waals surface area contributed by atoms with Gasteiger partial charge in [0.1, 0.15) is 0 Å². The van der Waals surface area contributed by atoms with E-state index in [0.717, 1.165) is 36.1 Å². The summed E-state index contributed by atoms with van der Waals surface area (Å²) in [4.78, 5) is 2.38. The molecule has 4 nitrogen and oxygen atoms in total. The minimum atomic E-state index is 0.318. The number of nitrogens with zero attached hydrogens (tertiary/aromatic N) is 1. The molecule has 1 aromatic carbocycles. The number of fused-ring (bicyclic) bond motifs is 1. The molecule has 1 N–H and O–H groups in total. The van der Waals surface area contributed by atoms with Gasteiger partial charge in [-0.3, -0.25) is 0 Å². The maximum atomic E-state index is 5.94. The van der Waals surface area contributed by atoms with Crippen LogP contribution in [0, 0.1) is 5.92 Å². The van der Waals surface area contributed by atoms with E-state index in [4.69, 9.17) is 21.7 Å². The zero-order valence-electron chi connectivity index (χ0n) is 17.4. The third-order valence-electron chi connectivity index (χ3n) is 6.39. The van der Waals surface area contributed by atoms with Crippen LogP contribution in [-0.4, -0.2) is 29.4 Å². The average Bonchev–Trinajstić information content (AvgIpc) is 3.18. The largest absolute Gasteiger partial charge is 0.454 e. The summed E-state index contributed by atoms with van der Waals surface area (Å²) < 4.78 is 11.0. The molecule has 1 fully saturated rings. The lowest BCUT2D eigenvalue weighted by atomic mass is 9.94. The summed E-state index contributed by atoms with van der Waals surface area (Å²) in [6.07, 6.45) is 17.5. The van der Waals surface area contributed by atoms with E-state index >= 15 is 0 Å². The van der Waals surface area contributed by atoms with Crippen LogP contribution in [0.2, 0.25) is 0 Å². The van der Waals surface area contributed by atoms with Crippen LogP contribution in [-0.2, 0) is 6.54 Å². The van der Waals surface area contributed by atoms with Gasteiger partial charge < -0.3 is 19.7 Å². The summed E-state index contributed by atoms with van der Waals surface area (Å²) in [5.41, 5.74) is 1.22. The molecule has 1 aliphatic heterocycles. The second-order valence-electron chi connectivity index (χ2n) is 8.71. The molecule has 1 heterocycles. The predicted molar refractivity (Wildman–Crippen MR) is 121 cm³/mol. The van der Waals surface area contributed by atoms with Crippen LogP contribution in [0.1, 0.15) is 69.8 Å². The Hall–Kier alpha value is -1.75. The highest BCUT2D eigenvalue weighted by Gasteiger charge is 2.21. The number of hydrogen-bond acceptors (Lipinski definition) is 3. The van der Waals surface area contributed by atoms with Gasteiger partial charge in [-0.2, -0.15) is 0 Å². The van der Waals surface area contributed by atoms with Gasteiger partial charge in [-0.05, 0) is 67.9 Å². The van der Waals surface area contributed by atoms with E-state index in [0.29, 0.717) is 18.8 Å². The van der Waals surface area contributed by atoms with Crippen LogP contribution in [0.5, 0.6) is 11.5 Å². The summed E-state index contributed by atoms with van der Waals surface area (Å²) in [7, 11) is 0. The normalized spacial score (nSPS) is 22.0. The Bertz CT molecular complexity index is 713. The lowest BCUT2D eigenvalue weighted by molar-refractivity contribution is 0.174. The van der Waals surface area contributed by atoms with Crippen molar-refractivity contribution >= 4 is 17.3 Å². The Morgan fingerprint density at radius 2 is 1.79 bits per heavy atom. The molecule has 0 bridgehead atoms. The van der Waals surface area contributed by atoms with Crippen LogP contribution >= 0.6 is 12.2 Å². The van der Waals surface area contributed by atoms with Crippen LogP contribution in [0.3, 0.4) is 0 Å². The molecule has 0 spiro atoms. The first-order chi connectivity index (χ1) is 14.3. The summed E-state index contributed by atoms with van der Waals surface area (Å²) >= 11 is 5.94. The average molecular weight is 415 g/mol. The number of nitrogens with one attached hydrogen (secondary N) is 1. The van der Waals surface area contributed by atoms with Crippen LogP contribution in [0.25, 0.3) is 0 Å². The van der Waals surface area contributed by atoms with Crippen molar-refractivity contribution in [2.24, 2.45) is 5.92 Å². The zero-order valence-corrected chi connectivity index (χ0v) is 18.2. The van der Waals surface area contributed by atoms with Crippen LogP contribution in [0.4, 0.5) is 0 Å². The fourth-order valence-electron chi connectivity index (χ4n) is 4.68.